The number of nitrogens with one attached hydrogen (secondary N) is 1. The van der Waals surface area contributed by atoms with Crippen molar-refractivity contribution in [1.29, 1.82) is 0 Å². The molecule has 0 fully saturated rings. The highest BCUT2D eigenvalue weighted by atomic mass is 16.5. The molecule has 1 aliphatic heterocycles. The summed E-state index contributed by atoms with van der Waals surface area (Å²) in [6.45, 7) is 4.60. The Bertz CT molecular complexity index is 789. The molecule has 0 saturated carbocycles. The molecule has 132 valence electrons. The fourth-order valence-corrected chi connectivity index (χ4v) is 3.23. The zero-order valence-corrected chi connectivity index (χ0v) is 15.1. The van der Waals surface area contributed by atoms with Crippen LogP contribution in [0.25, 0.3) is 0 Å². The first-order chi connectivity index (χ1) is 12.0. The van der Waals surface area contributed by atoms with Crippen LogP contribution in [0.2, 0.25) is 0 Å². The Morgan fingerprint density at radius 3 is 2.56 bits per heavy atom. The van der Waals surface area contributed by atoms with E-state index in [2.05, 4.69) is 11.4 Å². The van der Waals surface area contributed by atoms with Crippen molar-refractivity contribution in [2.45, 2.75) is 26.3 Å². The molecular formula is C20H24N2O3. The standard InChI is InChI=1S/C20H24N2O3/c1-13-11-18(24-3)19(25-4)12-16(13)21-14(2)20(23)22-10-9-15-7-5-6-8-17(15)22/h5-8,11-12,14,21H,9-10H2,1-4H3. The number of methoxy groups -OCH3 is 2. The number of fused-ring (bicyclic) bond motifs is 1. The molecule has 0 radical (unpaired) electrons. The van der Waals surface area contributed by atoms with Gasteiger partial charge in [-0.05, 0) is 43.5 Å². The molecule has 0 spiro atoms. The second-order valence-corrected chi connectivity index (χ2v) is 6.26. The third kappa shape index (κ3) is 3.27. The summed E-state index contributed by atoms with van der Waals surface area (Å²) >= 11 is 0. The van der Waals surface area contributed by atoms with E-state index in [1.54, 1.807) is 14.2 Å². The molecule has 1 N–H and O–H groups in total. The van der Waals surface area contributed by atoms with Gasteiger partial charge in [0.25, 0.3) is 0 Å². The van der Waals surface area contributed by atoms with E-state index in [4.69, 9.17) is 9.47 Å². The Morgan fingerprint density at radius 1 is 1.16 bits per heavy atom. The average molecular weight is 340 g/mol. The summed E-state index contributed by atoms with van der Waals surface area (Å²) in [5.74, 6) is 1.39. The van der Waals surface area contributed by atoms with E-state index in [0.717, 1.165) is 29.9 Å². The molecule has 2 aromatic rings. The first kappa shape index (κ1) is 17.1. The Kier molecular flexibility index (Phi) is 4.83. The van der Waals surface area contributed by atoms with E-state index < -0.39 is 0 Å². The molecule has 0 bridgehead atoms. The van der Waals surface area contributed by atoms with E-state index in [9.17, 15) is 4.79 Å². The van der Waals surface area contributed by atoms with Gasteiger partial charge in [0.1, 0.15) is 6.04 Å². The zero-order chi connectivity index (χ0) is 18.0. The maximum atomic E-state index is 12.9. The smallest absolute Gasteiger partial charge is 0.249 e. The molecule has 0 saturated heterocycles. The molecule has 1 atom stereocenters. The van der Waals surface area contributed by atoms with Crippen LogP contribution < -0.4 is 19.7 Å². The Balaban J connectivity index is 1.79. The number of hydrogen-bond acceptors (Lipinski definition) is 4. The minimum Gasteiger partial charge on any atom is -0.493 e. The second-order valence-electron chi connectivity index (χ2n) is 6.26. The number of aryl methyl sites for hydroxylation is 1. The molecule has 3 rings (SSSR count). The molecule has 1 amide bonds. The van der Waals surface area contributed by atoms with Crippen molar-refractivity contribution in [3.05, 3.63) is 47.5 Å². The number of ether oxygens (including phenoxy) is 2. The van der Waals surface area contributed by atoms with E-state index >= 15 is 0 Å². The highest BCUT2D eigenvalue weighted by Gasteiger charge is 2.28. The van der Waals surface area contributed by atoms with Gasteiger partial charge in [0.05, 0.1) is 14.2 Å². The summed E-state index contributed by atoms with van der Waals surface area (Å²) in [5, 5.41) is 3.32. The largest absolute Gasteiger partial charge is 0.493 e. The monoisotopic (exact) mass is 340 g/mol. The number of amides is 1. The van der Waals surface area contributed by atoms with Gasteiger partial charge in [-0.15, -0.1) is 0 Å². The summed E-state index contributed by atoms with van der Waals surface area (Å²) in [6, 6.07) is 11.5. The van der Waals surface area contributed by atoms with Crippen LogP contribution in [0.1, 0.15) is 18.1 Å². The number of rotatable bonds is 5. The van der Waals surface area contributed by atoms with Crippen LogP contribution in [-0.2, 0) is 11.2 Å². The molecule has 1 heterocycles. The van der Waals surface area contributed by atoms with Gasteiger partial charge in [0.2, 0.25) is 5.91 Å². The lowest BCUT2D eigenvalue weighted by Crippen LogP contribution is -2.40. The van der Waals surface area contributed by atoms with Crippen molar-refractivity contribution in [2.24, 2.45) is 0 Å². The lowest BCUT2D eigenvalue weighted by Gasteiger charge is -2.24. The van der Waals surface area contributed by atoms with Crippen molar-refractivity contribution in [3.8, 4) is 11.5 Å². The highest BCUT2D eigenvalue weighted by molar-refractivity contribution is 6.00. The van der Waals surface area contributed by atoms with Crippen LogP contribution in [0.15, 0.2) is 36.4 Å². The molecule has 2 aromatic carbocycles. The fraction of sp³-hybridized carbons (Fsp3) is 0.350. The third-order valence-electron chi connectivity index (χ3n) is 4.63. The van der Waals surface area contributed by atoms with Gasteiger partial charge in [-0.3, -0.25) is 4.79 Å². The Labute approximate surface area is 148 Å². The van der Waals surface area contributed by atoms with Gasteiger partial charge < -0.3 is 19.7 Å². The van der Waals surface area contributed by atoms with Gasteiger partial charge in [0, 0.05) is 24.0 Å². The first-order valence-corrected chi connectivity index (χ1v) is 8.43. The molecular weight excluding hydrogens is 316 g/mol. The SMILES string of the molecule is COc1cc(C)c(NC(C)C(=O)N2CCc3ccccc32)cc1OC. The van der Waals surface area contributed by atoms with Crippen LogP contribution in [0, 0.1) is 6.92 Å². The minimum atomic E-state index is -0.344. The van der Waals surface area contributed by atoms with Crippen LogP contribution in [0.3, 0.4) is 0 Å². The van der Waals surface area contributed by atoms with Crippen molar-refractivity contribution in [3.63, 3.8) is 0 Å². The maximum absolute atomic E-state index is 12.9. The number of carbonyl (C=O) groups excluding carboxylic acids is 1. The van der Waals surface area contributed by atoms with E-state index in [1.807, 2.05) is 49.1 Å². The van der Waals surface area contributed by atoms with Gasteiger partial charge >= 0.3 is 0 Å². The van der Waals surface area contributed by atoms with Crippen LogP contribution in [-0.4, -0.2) is 32.7 Å². The fourth-order valence-electron chi connectivity index (χ4n) is 3.23. The predicted molar refractivity (Wildman–Crippen MR) is 99.9 cm³/mol. The number of para-hydroxylation sites is 1. The Hall–Kier alpha value is -2.69. The molecule has 25 heavy (non-hydrogen) atoms. The normalized spacial score (nSPS) is 14.0. The molecule has 0 aliphatic carbocycles. The molecule has 5 heteroatoms. The molecule has 0 aromatic heterocycles. The number of anilines is 2. The summed E-state index contributed by atoms with van der Waals surface area (Å²) in [6.07, 6.45) is 0.907. The zero-order valence-electron chi connectivity index (χ0n) is 15.1. The summed E-state index contributed by atoms with van der Waals surface area (Å²) in [7, 11) is 3.22. The number of hydrogen-bond donors (Lipinski definition) is 1. The van der Waals surface area contributed by atoms with E-state index in [1.165, 1.54) is 5.56 Å². The summed E-state index contributed by atoms with van der Waals surface area (Å²) in [4.78, 5) is 14.8. The quantitative estimate of drug-likeness (QED) is 0.906. The van der Waals surface area contributed by atoms with Crippen molar-refractivity contribution in [2.75, 3.05) is 31.0 Å². The third-order valence-corrected chi connectivity index (χ3v) is 4.63. The van der Waals surface area contributed by atoms with Crippen molar-refractivity contribution in [1.82, 2.24) is 0 Å². The molecule has 5 nitrogen and oxygen atoms in total. The van der Waals surface area contributed by atoms with Crippen LogP contribution in [0.5, 0.6) is 11.5 Å². The van der Waals surface area contributed by atoms with Crippen LogP contribution in [0.4, 0.5) is 11.4 Å². The van der Waals surface area contributed by atoms with E-state index in [-0.39, 0.29) is 11.9 Å². The molecule has 1 aliphatic rings. The van der Waals surface area contributed by atoms with Crippen molar-refractivity contribution < 1.29 is 14.3 Å². The van der Waals surface area contributed by atoms with Gasteiger partial charge in [-0.1, -0.05) is 18.2 Å². The number of carbonyl (C=O) groups is 1. The number of nitrogens with zero attached hydrogens (tertiary/aromatic N) is 1. The minimum absolute atomic E-state index is 0.0686. The van der Waals surface area contributed by atoms with Crippen molar-refractivity contribution >= 4 is 17.3 Å². The van der Waals surface area contributed by atoms with Gasteiger partial charge in [0.15, 0.2) is 11.5 Å². The lowest BCUT2D eigenvalue weighted by molar-refractivity contribution is -0.118. The number of benzene rings is 2. The maximum Gasteiger partial charge on any atom is 0.249 e. The average Bonchev–Trinajstić information content (AvgIpc) is 3.06. The van der Waals surface area contributed by atoms with E-state index in [0.29, 0.717) is 11.5 Å². The topological polar surface area (TPSA) is 50.8 Å². The lowest BCUT2D eigenvalue weighted by atomic mass is 10.1. The van der Waals surface area contributed by atoms with Gasteiger partial charge in [-0.2, -0.15) is 0 Å². The molecule has 1 unspecified atom stereocenters. The second kappa shape index (κ2) is 7.05. The Morgan fingerprint density at radius 2 is 1.84 bits per heavy atom. The van der Waals surface area contributed by atoms with Gasteiger partial charge in [-0.25, -0.2) is 0 Å². The first-order valence-electron chi connectivity index (χ1n) is 8.43. The predicted octanol–water partition coefficient (Wildman–Crippen LogP) is 3.40. The summed E-state index contributed by atoms with van der Waals surface area (Å²) < 4.78 is 10.7. The highest BCUT2D eigenvalue weighted by Crippen LogP contribution is 2.34. The van der Waals surface area contributed by atoms with Crippen LogP contribution >= 0.6 is 0 Å². The summed E-state index contributed by atoms with van der Waals surface area (Å²) in [5.41, 5.74) is 4.11.